The van der Waals surface area contributed by atoms with Crippen molar-refractivity contribution in [3.63, 3.8) is 0 Å². The van der Waals surface area contributed by atoms with Crippen LogP contribution < -0.4 is 5.32 Å². The van der Waals surface area contributed by atoms with E-state index >= 15 is 0 Å². The number of fused-ring (bicyclic) bond motifs is 1. The van der Waals surface area contributed by atoms with Crippen molar-refractivity contribution < 1.29 is 14.3 Å². The summed E-state index contributed by atoms with van der Waals surface area (Å²) in [5, 5.41) is 4.64. The molecule has 0 spiro atoms. The van der Waals surface area contributed by atoms with E-state index in [1.54, 1.807) is 39.2 Å². The lowest BCUT2D eigenvalue weighted by Crippen LogP contribution is -2.56. The normalized spacial score (nSPS) is 26.5. The van der Waals surface area contributed by atoms with Crippen LogP contribution in [-0.2, 0) is 15.1 Å². The van der Waals surface area contributed by atoms with Gasteiger partial charge in [-0.1, -0.05) is 0 Å². The lowest BCUT2D eigenvalue weighted by atomic mass is 9.84. The Hall–Kier alpha value is -1.45. The molecule has 26 heavy (non-hydrogen) atoms. The number of alkyl carbamates (subject to hydrolysis) is 1. The molecule has 1 unspecified atom stereocenters. The number of thiophene rings is 1. The van der Waals surface area contributed by atoms with E-state index in [1.807, 2.05) is 18.5 Å². The molecule has 0 saturated carbocycles. The first kappa shape index (κ1) is 19.3. The van der Waals surface area contributed by atoms with Crippen molar-refractivity contribution in [2.45, 2.75) is 31.9 Å². The number of guanidine groups is 1. The van der Waals surface area contributed by atoms with Crippen LogP contribution in [0.2, 0.25) is 0 Å². The molecule has 2 amide bonds. The van der Waals surface area contributed by atoms with Crippen LogP contribution in [0.15, 0.2) is 20.9 Å². The Labute approximate surface area is 165 Å². The third-order valence-corrected chi connectivity index (χ3v) is 6.30. The number of carbonyl (C=O) groups excluding carboxylic acids is 2. The second-order valence-corrected chi connectivity index (χ2v) is 9.59. The molecule has 2 aliphatic rings. The fourth-order valence-electron chi connectivity index (χ4n) is 3.40. The Bertz CT molecular complexity index is 772. The summed E-state index contributed by atoms with van der Waals surface area (Å²) in [5.41, 5.74) is -1.33. The summed E-state index contributed by atoms with van der Waals surface area (Å²) < 4.78 is 6.28. The average Bonchev–Trinajstić information content (AvgIpc) is 3.07. The number of halogens is 1. The van der Waals surface area contributed by atoms with Gasteiger partial charge in [-0.05, 0) is 49.8 Å². The number of likely N-dealkylation sites (N-methyl/N-ethyl adjacent to an activating group) is 1. The van der Waals surface area contributed by atoms with Gasteiger partial charge in [-0.15, -0.1) is 11.3 Å². The maximum Gasteiger partial charge on any atom is 0.414 e. The van der Waals surface area contributed by atoms with Crippen LogP contribution in [0.5, 0.6) is 0 Å². The molecule has 3 rings (SSSR count). The number of nitrogens with zero attached hydrogens (tertiary/aromatic N) is 3. The molecule has 1 aromatic heterocycles. The Morgan fingerprint density at radius 1 is 1.46 bits per heavy atom. The number of hydrogen-bond acceptors (Lipinski definition) is 6. The fraction of sp³-hybridized carbons (Fsp3) is 0.588. The van der Waals surface area contributed by atoms with Crippen LogP contribution in [0, 0.1) is 5.92 Å². The quantitative estimate of drug-likeness (QED) is 0.725. The highest BCUT2D eigenvalue weighted by Gasteiger charge is 2.55. The summed E-state index contributed by atoms with van der Waals surface area (Å²) in [4.78, 5) is 34.6. The highest BCUT2D eigenvalue weighted by atomic mass is 79.9. The summed E-state index contributed by atoms with van der Waals surface area (Å²) in [6.07, 6.45) is -0.622. The number of rotatable bonds is 1. The first-order valence-electron chi connectivity index (χ1n) is 8.32. The maximum absolute atomic E-state index is 13.0. The van der Waals surface area contributed by atoms with Crippen molar-refractivity contribution in [1.29, 1.82) is 0 Å². The van der Waals surface area contributed by atoms with Gasteiger partial charge in [-0.3, -0.25) is 15.0 Å². The van der Waals surface area contributed by atoms with Crippen LogP contribution in [0.1, 0.15) is 25.6 Å². The number of ether oxygens (including phenoxy) is 1. The number of likely N-dealkylation sites (tertiary alicyclic amines) is 1. The molecule has 3 heterocycles. The fourth-order valence-corrected chi connectivity index (χ4v) is 5.02. The van der Waals surface area contributed by atoms with E-state index in [0.29, 0.717) is 13.1 Å². The van der Waals surface area contributed by atoms with E-state index in [9.17, 15) is 9.59 Å². The van der Waals surface area contributed by atoms with Gasteiger partial charge in [0.2, 0.25) is 11.9 Å². The highest BCUT2D eigenvalue weighted by Crippen LogP contribution is 2.46. The van der Waals surface area contributed by atoms with Gasteiger partial charge in [0.05, 0.1) is 5.92 Å². The molecule has 7 nitrogen and oxygen atoms in total. The van der Waals surface area contributed by atoms with E-state index in [2.05, 4.69) is 26.1 Å². The smallest absolute Gasteiger partial charge is 0.414 e. The highest BCUT2D eigenvalue weighted by molar-refractivity contribution is 9.10. The molecular weight excluding hydrogens is 420 g/mol. The van der Waals surface area contributed by atoms with Crippen LogP contribution in [0.3, 0.4) is 0 Å². The SMILES string of the molecule is CN1CC2C(=O)N(C)C(NC(=O)OC(C)(C)C)=N[C@@]2(c2cc(Br)cs2)C1. The van der Waals surface area contributed by atoms with Crippen molar-refractivity contribution >= 4 is 45.2 Å². The van der Waals surface area contributed by atoms with Crippen molar-refractivity contribution in [2.24, 2.45) is 10.9 Å². The number of aliphatic imine (C=N–C) groups is 1. The van der Waals surface area contributed by atoms with Crippen molar-refractivity contribution in [3.05, 3.63) is 20.8 Å². The molecule has 0 aromatic carbocycles. The minimum atomic E-state index is -0.695. The minimum absolute atomic E-state index is 0.0556. The van der Waals surface area contributed by atoms with Crippen LogP contribution in [-0.4, -0.2) is 60.5 Å². The van der Waals surface area contributed by atoms with E-state index in [0.717, 1.165) is 9.35 Å². The van der Waals surface area contributed by atoms with Crippen molar-refractivity contribution in [3.8, 4) is 0 Å². The largest absolute Gasteiger partial charge is 0.444 e. The van der Waals surface area contributed by atoms with Gasteiger partial charge in [0.15, 0.2) is 0 Å². The Morgan fingerprint density at radius 2 is 2.15 bits per heavy atom. The summed E-state index contributed by atoms with van der Waals surface area (Å²) in [5.74, 6) is -0.118. The summed E-state index contributed by atoms with van der Waals surface area (Å²) in [6.45, 7) is 6.61. The summed E-state index contributed by atoms with van der Waals surface area (Å²) in [6, 6.07) is 2.00. The zero-order chi connectivity index (χ0) is 19.3. The molecule has 2 atom stereocenters. The lowest BCUT2D eigenvalue weighted by molar-refractivity contribution is -0.132. The Kier molecular flexibility index (Phi) is 4.91. The van der Waals surface area contributed by atoms with E-state index < -0.39 is 17.2 Å². The van der Waals surface area contributed by atoms with Gasteiger partial charge in [-0.25, -0.2) is 9.79 Å². The number of amides is 2. The first-order chi connectivity index (χ1) is 12.0. The van der Waals surface area contributed by atoms with Gasteiger partial charge >= 0.3 is 6.09 Å². The molecule has 1 fully saturated rings. The van der Waals surface area contributed by atoms with Crippen LogP contribution in [0.4, 0.5) is 4.79 Å². The predicted octanol–water partition coefficient (Wildman–Crippen LogP) is 2.62. The zero-order valence-electron chi connectivity index (χ0n) is 15.5. The van der Waals surface area contributed by atoms with Gasteiger partial charge in [0, 0.05) is 34.9 Å². The van der Waals surface area contributed by atoms with Crippen LogP contribution >= 0.6 is 27.3 Å². The average molecular weight is 443 g/mol. The summed E-state index contributed by atoms with van der Waals surface area (Å²) >= 11 is 5.05. The van der Waals surface area contributed by atoms with Crippen LogP contribution in [0.25, 0.3) is 0 Å². The molecule has 0 aliphatic carbocycles. The molecule has 1 saturated heterocycles. The second-order valence-electron chi connectivity index (χ2n) is 7.76. The standard InChI is InChI=1S/C17H23BrN4O3S/c1-16(2,3)25-15(24)19-14-20-17(12-6-10(18)8-26-12)9-21(4)7-11(17)13(23)22(14)5/h6,8,11H,7,9H2,1-5H3,(H,19,20,24)/t11?,17-/m0/s1. The Morgan fingerprint density at radius 3 is 2.73 bits per heavy atom. The van der Waals surface area contributed by atoms with Gasteiger partial charge in [-0.2, -0.15) is 0 Å². The zero-order valence-corrected chi connectivity index (χ0v) is 17.9. The van der Waals surface area contributed by atoms with E-state index in [4.69, 9.17) is 9.73 Å². The maximum atomic E-state index is 13.0. The van der Waals surface area contributed by atoms with Gasteiger partial charge in [0.25, 0.3) is 0 Å². The van der Waals surface area contributed by atoms with E-state index in [-0.39, 0.29) is 17.8 Å². The van der Waals surface area contributed by atoms with Gasteiger partial charge < -0.3 is 9.64 Å². The van der Waals surface area contributed by atoms with Crippen molar-refractivity contribution in [1.82, 2.24) is 15.1 Å². The lowest BCUT2D eigenvalue weighted by Gasteiger charge is -2.38. The molecule has 0 bridgehead atoms. The molecule has 0 radical (unpaired) electrons. The molecule has 1 N–H and O–H groups in total. The topological polar surface area (TPSA) is 74.2 Å². The molecule has 142 valence electrons. The van der Waals surface area contributed by atoms with Crippen molar-refractivity contribution in [2.75, 3.05) is 27.2 Å². The van der Waals surface area contributed by atoms with E-state index in [1.165, 1.54) is 4.90 Å². The second kappa shape index (κ2) is 6.61. The molecular formula is C17H23BrN4O3S. The minimum Gasteiger partial charge on any atom is -0.444 e. The monoisotopic (exact) mass is 442 g/mol. The van der Waals surface area contributed by atoms with Gasteiger partial charge in [0.1, 0.15) is 11.1 Å². The number of hydrogen-bond donors (Lipinski definition) is 1. The third-order valence-electron chi connectivity index (χ3n) is 4.44. The number of carbonyl (C=O) groups is 2. The first-order valence-corrected chi connectivity index (χ1v) is 9.99. The summed E-state index contributed by atoms with van der Waals surface area (Å²) in [7, 11) is 3.61. The predicted molar refractivity (Wildman–Crippen MR) is 104 cm³/mol. The molecule has 2 aliphatic heterocycles. The Balaban J connectivity index is 2.00. The number of nitrogens with one attached hydrogen (secondary N) is 1. The molecule has 9 heteroatoms. The molecule has 1 aromatic rings. The third kappa shape index (κ3) is 3.52.